The Morgan fingerprint density at radius 1 is 1.16 bits per heavy atom. The largest absolute Gasteiger partial charge is 0.373 e. The van der Waals surface area contributed by atoms with Crippen molar-refractivity contribution in [3.8, 4) is 0 Å². The zero-order chi connectivity index (χ0) is 13.7. The van der Waals surface area contributed by atoms with Gasteiger partial charge in [-0.3, -0.25) is 4.79 Å². The lowest BCUT2D eigenvalue weighted by molar-refractivity contribution is -0.118. The van der Waals surface area contributed by atoms with E-state index in [1.165, 1.54) is 12.1 Å². The summed E-state index contributed by atoms with van der Waals surface area (Å²) in [5.74, 6) is -0.818. The first-order valence-corrected chi connectivity index (χ1v) is 6.00. The predicted octanol–water partition coefficient (Wildman–Crippen LogP) is 2.33. The van der Waals surface area contributed by atoms with Crippen LogP contribution >= 0.6 is 0 Å². The molecule has 0 fully saturated rings. The zero-order valence-electron chi connectivity index (χ0n) is 10.3. The van der Waals surface area contributed by atoms with E-state index in [9.17, 15) is 9.18 Å². The monoisotopic (exact) mass is 258 g/mol. The Morgan fingerprint density at radius 2 is 1.89 bits per heavy atom. The highest BCUT2D eigenvalue weighted by Crippen LogP contribution is 2.13. The lowest BCUT2D eigenvalue weighted by Crippen LogP contribution is -2.37. The van der Waals surface area contributed by atoms with Gasteiger partial charge in [0.15, 0.2) is 0 Å². The Hall–Kier alpha value is -2.36. The van der Waals surface area contributed by atoms with Gasteiger partial charge < -0.3 is 11.1 Å². The highest BCUT2D eigenvalue weighted by molar-refractivity contribution is 5.83. The fourth-order valence-electron chi connectivity index (χ4n) is 1.85. The van der Waals surface area contributed by atoms with Gasteiger partial charge in [0.05, 0.1) is 0 Å². The highest BCUT2D eigenvalue weighted by atomic mass is 19.1. The maximum atomic E-state index is 13.1. The lowest BCUT2D eigenvalue weighted by Gasteiger charge is -2.16. The molecule has 0 spiro atoms. The van der Waals surface area contributed by atoms with Crippen molar-refractivity contribution in [2.45, 2.75) is 12.5 Å². The van der Waals surface area contributed by atoms with Gasteiger partial charge in [-0.05, 0) is 23.8 Å². The number of nitrogens with two attached hydrogens (primary N) is 1. The molecule has 0 bridgehead atoms. The summed E-state index contributed by atoms with van der Waals surface area (Å²) in [5.41, 5.74) is 6.91. The van der Waals surface area contributed by atoms with Crippen molar-refractivity contribution in [1.82, 2.24) is 0 Å². The maximum absolute atomic E-state index is 13.1. The second-order valence-corrected chi connectivity index (χ2v) is 4.30. The van der Waals surface area contributed by atoms with E-state index < -0.39 is 11.9 Å². The molecule has 0 heterocycles. The lowest BCUT2D eigenvalue weighted by atomic mass is 10.1. The summed E-state index contributed by atoms with van der Waals surface area (Å²) in [7, 11) is 0. The summed E-state index contributed by atoms with van der Waals surface area (Å²) in [4.78, 5) is 11.5. The number of hydrogen-bond donors (Lipinski definition) is 2. The number of halogens is 1. The van der Waals surface area contributed by atoms with Crippen LogP contribution in [0.5, 0.6) is 0 Å². The smallest absolute Gasteiger partial charge is 0.240 e. The van der Waals surface area contributed by atoms with E-state index in [0.29, 0.717) is 12.1 Å². The quantitative estimate of drug-likeness (QED) is 0.864. The SMILES string of the molecule is NC(=O)C(Cc1ccccc1)Nc1cccc(F)c1. The molecule has 0 aliphatic heterocycles. The van der Waals surface area contributed by atoms with Gasteiger partial charge in [-0.15, -0.1) is 0 Å². The van der Waals surface area contributed by atoms with E-state index in [2.05, 4.69) is 5.32 Å². The maximum Gasteiger partial charge on any atom is 0.240 e. The van der Waals surface area contributed by atoms with Crippen molar-refractivity contribution in [3.05, 3.63) is 66.0 Å². The molecule has 0 radical (unpaired) electrons. The molecule has 0 aromatic heterocycles. The Bertz CT molecular complexity index is 557. The van der Waals surface area contributed by atoms with Crippen molar-refractivity contribution in [3.63, 3.8) is 0 Å². The minimum atomic E-state index is -0.566. The van der Waals surface area contributed by atoms with Gasteiger partial charge in [0.2, 0.25) is 5.91 Å². The third-order valence-electron chi connectivity index (χ3n) is 2.79. The van der Waals surface area contributed by atoms with Gasteiger partial charge in [0, 0.05) is 12.1 Å². The summed E-state index contributed by atoms with van der Waals surface area (Å²) in [6.45, 7) is 0. The molecule has 0 saturated heterocycles. The number of carbonyl (C=O) groups excluding carboxylic acids is 1. The first kappa shape index (κ1) is 13.1. The van der Waals surface area contributed by atoms with Gasteiger partial charge in [-0.1, -0.05) is 36.4 Å². The van der Waals surface area contributed by atoms with Crippen LogP contribution in [0.3, 0.4) is 0 Å². The van der Waals surface area contributed by atoms with Crippen molar-refractivity contribution in [2.24, 2.45) is 5.73 Å². The van der Waals surface area contributed by atoms with Gasteiger partial charge >= 0.3 is 0 Å². The van der Waals surface area contributed by atoms with Crippen LogP contribution in [-0.4, -0.2) is 11.9 Å². The molecule has 1 amide bonds. The number of hydrogen-bond acceptors (Lipinski definition) is 2. The molecule has 2 aromatic rings. The molecule has 3 nitrogen and oxygen atoms in total. The van der Waals surface area contributed by atoms with Crippen LogP contribution < -0.4 is 11.1 Å². The fourth-order valence-corrected chi connectivity index (χ4v) is 1.85. The Labute approximate surface area is 111 Å². The molecule has 98 valence electrons. The number of primary amides is 1. The zero-order valence-corrected chi connectivity index (χ0v) is 10.3. The second kappa shape index (κ2) is 6.00. The van der Waals surface area contributed by atoms with Crippen molar-refractivity contribution < 1.29 is 9.18 Å². The fraction of sp³-hybridized carbons (Fsp3) is 0.133. The van der Waals surface area contributed by atoms with Crippen molar-refractivity contribution in [1.29, 1.82) is 0 Å². The third-order valence-corrected chi connectivity index (χ3v) is 2.79. The van der Waals surface area contributed by atoms with E-state index in [1.54, 1.807) is 12.1 Å². The van der Waals surface area contributed by atoms with Crippen LogP contribution in [0, 0.1) is 5.82 Å². The van der Waals surface area contributed by atoms with Gasteiger partial charge in [0.1, 0.15) is 11.9 Å². The number of amides is 1. The summed E-state index contributed by atoms with van der Waals surface area (Å²) >= 11 is 0. The van der Waals surface area contributed by atoms with E-state index in [1.807, 2.05) is 30.3 Å². The number of benzene rings is 2. The van der Waals surface area contributed by atoms with E-state index >= 15 is 0 Å². The molecule has 4 heteroatoms. The number of carbonyl (C=O) groups is 1. The summed E-state index contributed by atoms with van der Waals surface area (Å²) in [6, 6.07) is 14.9. The number of nitrogens with one attached hydrogen (secondary N) is 1. The first-order valence-electron chi connectivity index (χ1n) is 6.00. The molecule has 0 aliphatic carbocycles. The topological polar surface area (TPSA) is 55.1 Å². The molecule has 1 atom stereocenters. The highest BCUT2D eigenvalue weighted by Gasteiger charge is 2.15. The van der Waals surface area contributed by atoms with Crippen LogP contribution in [0.25, 0.3) is 0 Å². The molecule has 3 N–H and O–H groups in total. The van der Waals surface area contributed by atoms with E-state index in [-0.39, 0.29) is 5.82 Å². The minimum Gasteiger partial charge on any atom is -0.373 e. The van der Waals surface area contributed by atoms with Crippen LogP contribution in [-0.2, 0) is 11.2 Å². The van der Waals surface area contributed by atoms with Gasteiger partial charge in [-0.2, -0.15) is 0 Å². The predicted molar refractivity (Wildman–Crippen MR) is 73.2 cm³/mol. The minimum absolute atomic E-state index is 0.354. The molecule has 0 saturated carbocycles. The van der Waals surface area contributed by atoms with Gasteiger partial charge in [-0.25, -0.2) is 4.39 Å². The van der Waals surface area contributed by atoms with Crippen LogP contribution in [0.4, 0.5) is 10.1 Å². The first-order chi connectivity index (χ1) is 9.15. The molecule has 1 unspecified atom stereocenters. The van der Waals surface area contributed by atoms with E-state index in [0.717, 1.165) is 5.56 Å². The van der Waals surface area contributed by atoms with Gasteiger partial charge in [0.25, 0.3) is 0 Å². The molecular weight excluding hydrogens is 243 g/mol. The second-order valence-electron chi connectivity index (χ2n) is 4.30. The standard InChI is InChI=1S/C15H15FN2O/c16-12-7-4-8-13(10-12)18-14(15(17)19)9-11-5-2-1-3-6-11/h1-8,10,14,18H,9H2,(H2,17,19). The summed E-state index contributed by atoms with van der Waals surface area (Å²) < 4.78 is 13.1. The average molecular weight is 258 g/mol. The van der Waals surface area contributed by atoms with Crippen LogP contribution in [0.1, 0.15) is 5.56 Å². The average Bonchev–Trinajstić information content (AvgIpc) is 2.39. The normalized spacial score (nSPS) is 11.8. The van der Waals surface area contributed by atoms with Crippen molar-refractivity contribution in [2.75, 3.05) is 5.32 Å². The number of rotatable bonds is 5. The van der Waals surface area contributed by atoms with Crippen LogP contribution in [0.2, 0.25) is 0 Å². The van der Waals surface area contributed by atoms with Crippen LogP contribution in [0.15, 0.2) is 54.6 Å². The molecule has 19 heavy (non-hydrogen) atoms. The molecule has 2 rings (SSSR count). The van der Waals surface area contributed by atoms with Crippen molar-refractivity contribution >= 4 is 11.6 Å². The Morgan fingerprint density at radius 3 is 2.53 bits per heavy atom. The number of anilines is 1. The Kier molecular flexibility index (Phi) is 4.13. The summed E-state index contributed by atoms with van der Waals surface area (Å²) in [6.07, 6.45) is 0.465. The molecule has 2 aromatic carbocycles. The third kappa shape index (κ3) is 3.81. The Balaban J connectivity index is 2.11. The van der Waals surface area contributed by atoms with E-state index in [4.69, 9.17) is 5.73 Å². The molecular formula is C15H15FN2O. The summed E-state index contributed by atoms with van der Waals surface area (Å²) in [5, 5.41) is 2.95. The molecule has 0 aliphatic rings.